The fourth-order valence-electron chi connectivity index (χ4n) is 2.36. The summed E-state index contributed by atoms with van der Waals surface area (Å²) in [6.07, 6.45) is 0.585. The van der Waals surface area contributed by atoms with E-state index < -0.39 is 8.32 Å². The predicted octanol–water partition coefficient (Wildman–Crippen LogP) is 3.81. The molecule has 1 aromatic carbocycles. The Balaban J connectivity index is 1.97. The van der Waals surface area contributed by atoms with Crippen molar-refractivity contribution < 1.29 is 9.22 Å². The molecule has 1 amide bonds. The molecule has 3 nitrogen and oxygen atoms in total. The van der Waals surface area contributed by atoms with Gasteiger partial charge in [-0.2, -0.15) is 0 Å². The van der Waals surface area contributed by atoms with Crippen LogP contribution in [0.1, 0.15) is 32.8 Å². The van der Waals surface area contributed by atoms with Crippen molar-refractivity contribution in [3.8, 4) is 0 Å². The molecule has 1 fully saturated rings. The van der Waals surface area contributed by atoms with Crippen molar-refractivity contribution >= 4 is 14.2 Å². The second kappa shape index (κ2) is 5.93. The monoisotopic (exact) mass is 305 g/mol. The summed E-state index contributed by atoms with van der Waals surface area (Å²) in [6, 6.07) is 10.2. The second-order valence-corrected chi connectivity index (χ2v) is 12.2. The summed E-state index contributed by atoms with van der Waals surface area (Å²) in [6.45, 7) is 12.6. The quantitative estimate of drug-likeness (QED) is 0.792. The lowest BCUT2D eigenvalue weighted by Gasteiger charge is -2.38. The maximum atomic E-state index is 12.2. The molecule has 0 bridgehead atoms. The number of carbonyl (C=O) groups excluding carboxylic acids is 1. The van der Waals surface area contributed by atoms with Crippen LogP contribution in [0.3, 0.4) is 0 Å². The maximum absolute atomic E-state index is 12.2. The van der Waals surface area contributed by atoms with Gasteiger partial charge in [0.1, 0.15) is 0 Å². The van der Waals surface area contributed by atoms with Crippen molar-refractivity contribution in [1.29, 1.82) is 0 Å². The van der Waals surface area contributed by atoms with E-state index in [1.807, 2.05) is 23.1 Å². The minimum atomic E-state index is -1.80. The highest BCUT2D eigenvalue weighted by Gasteiger charge is 2.42. The van der Waals surface area contributed by atoms with Gasteiger partial charge < -0.3 is 9.33 Å². The zero-order valence-corrected chi connectivity index (χ0v) is 14.8. The Kier molecular flexibility index (Phi) is 4.59. The Hall–Kier alpha value is -1.13. The molecule has 0 unspecified atom stereocenters. The van der Waals surface area contributed by atoms with Gasteiger partial charge in [-0.15, -0.1) is 0 Å². The molecule has 0 saturated carbocycles. The topological polar surface area (TPSA) is 29.5 Å². The Bertz CT molecular complexity index is 493. The van der Waals surface area contributed by atoms with E-state index in [0.717, 1.165) is 6.54 Å². The van der Waals surface area contributed by atoms with Crippen LogP contribution < -0.4 is 0 Å². The van der Waals surface area contributed by atoms with Crippen molar-refractivity contribution in [2.75, 3.05) is 6.54 Å². The molecule has 1 saturated heterocycles. The molecule has 0 aliphatic carbocycles. The number of rotatable bonds is 4. The van der Waals surface area contributed by atoms with Crippen molar-refractivity contribution in [2.24, 2.45) is 0 Å². The molecule has 0 aromatic heterocycles. The first-order chi connectivity index (χ1) is 9.69. The van der Waals surface area contributed by atoms with Crippen LogP contribution in [0.5, 0.6) is 0 Å². The smallest absolute Gasteiger partial charge is 0.225 e. The molecule has 1 heterocycles. The molecular formula is C17H27NO2Si. The first kappa shape index (κ1) is 16.2. The van der Waals surface area contributed by atoms with Crippen LogP contribution >= 0.6 is 0 Å². The summed E-state index contributed by atoms with van der Waals surface area (Å²) in [5, 5.41) is 0.183. The van der Waals surface area contributed by atoms with E-state index in [1.54, 1.807) is 0 Å². The second-order valence-electron chi connectivity index (χ2n) is 7.46. The lowest BCUT2D eigenvalue weighted by atomic mass is 10.2. The third-order valence-electron chi connectivity index (χ3n) is 4.66. The van der Waals surface area contributed by atoms with Gasteiger partial charge in [0.05, 0.1) is 12.5 Å². The summed E-state index contributed by atoms with van der Waals surface area (Å²) in [4.78, 5) is 14.1. The van der Waals surface area contributed by atoms with Crippen molar-refractivity contribution in [2.45, 2.75) is 58.0 Å². The average molecular weight is 305 g/mol. The SMILES string of the molecule is CC(C)(C)[Si](C)(C)O[C@@H]1CC(=O)N(Cc2ccccc2)C1. The summed E-state index contributed by atoms with van der Waals surface area (Å²) in [5.41, 5.74) is 1.18. The lowest BCUT2D eigenvalue weighted by molar-refractivity contribution is -0.128. The van der Waals surface area contributed by atoms with Crippen LogP contribution in [0.2, 0.25) is 18.1 Å². The van der Waals surface area contributed by atoms with Crippen LogP contribution in [-0.4, -0.2) is 31.8 Å². The Morgan fingerprint density at radius 1 is 1.24 bits per heavy atom. The summed E-state index contributed by atoms with van der Waals surface area (Å²) in [5.74, 6) is 0.211. The Labute approximate surface area is 129 Å². The van der Waals surface area contributed by atoms with Crippen molar-refractivity contribution in [1.82, 2.24) is 4.90 Å². The number of amides is 1. The van der Waals surface area contributed by atoms with Crippen LogP contribution in [-0.2, 0) is 15.8 Å². The van der Waals surface area contributed by atoms with E-state index in [2.05, 4.69) is 46.0 Å². The average Bonchev–Trinajstić information content (AvgIpc) is 2.68. The standard InChI is InChI=1S/C17H27NO2Si/c1-17(2,3)21(4,5)20-15-11-16(19)18(13-15)12-14-9-7-6-8-10-14/h6-10,15H,11-13H2,1-5H3/t15-/m1/s1. The molecule has 21 heavy (non-hydrogen) atoms. The minimum Gasteiger partial charge on any atom is -0.412 e. The van der Waals surface area contributed by atoms with Crippen molar-refractivity contribution in [3.05, 3.63) is 35.9 Å². The van der Waals surface area contributed by atoms with E-state index >= 15 is 0 Å². The van der Waals surface area contributed by atoms with Gasteiger partial charge in [0, 0.05) is 13.1 Å². The van der Waals surface area contributed by atoms with Gasteiger partial charge in [-0.25, -0.2) is 0 Å². The van der Waals surface area contributed by atoms with Gasteiger partial charge in [0.15, 0.2) is 8.32 Å². The first-order valence-electron chi connectivity index (χ1n) is 7.68. The number of carbonyl (C=O) groups is 1. The number of benzene rings is 1. The van der Waals surface area contributed by atoms with E-state index in [9.17, 15) is 4.79 Å². The summed E-state index contributed by atoms with van der Waals surface area (Å²) >= 11 is 0. The van der Waals surface area contributed by atoms with Crippen molar-refractivity contribution in [3.63, 3.8) is 0 Å². The Morgan fingerprint density at radius 3 is 2.43 bits per heavy atom. The molecule has 0 radical (unpaired) electrons. The van der Waals surface area contributed by atoms with Crippen LogP contribution in [0.4, 0.5) is 0 Å². The number of nitrogens with zero attached hydrogens (tertiary/aromatic N) is 1. The predicted molar refractivity (Wildman–Crippen MR) is 88.5 cm³/mol. The molecule has 4 heteroatoms. The third kappa shape index (κ3) is 3.95. The number of likely N-dealkylation sites (tertiary alicyclic amines) is 1. The van der Waals surface area contributed by atoms with Gasteiger partial charge >= 0.3 is 0 Å². The van der Waals surface area contributed by atoms with Gasteiger partial charge in [0.2, 0.25) is 5.91 Å². The Morgan fingerprint density at radius 2 is 1.86 bits per heavy atom. The highest BCUT2D eigenvalue weighted by Crippen LogP contribution is 2.38. The van der Waals surface area contributed by atoms with Crippen LogP contribution in [0.25, 0.3) is 0 Å². The van der Waals surface area contributed by atoms with E-state index in [-0.39, 0.29) is 17.0 Å². The summed E-state index contributed by atoms with van der Waals surface area (Å²) in [7, 11) is -1.80. The van der Waals surface area contributed by atoms with E-state index in [4.69, 9.17) is 4.43 Å². The van der Waals surface area contributed by atoms with Crippen LogP contribution in [0.15, 0.2) is 30.3 Å². The molecule has 0 spiro atoms. The first-order valence-corrected chi connectivity index (χ1v) is 10.6. The normalized spacial score (nSPS) is 20.1. The number of hydrogen-bond acceptors (Lipinski definition) is 2. The van der Waals surface area contributed by atoms with E-state index in [0.29, 0.717) is 13.0 Å². The molecule has 1 atom stereocenters. The molecule has 0 N–H and O–H groups in total. The molecule has 1 aliphatic heterocycles. The minimum absolute atomic E-state index is 0.0575. The van der Waals surface area contributed by atoms with Gasteiger partial charge in [-0.05, 0) is 23.7 Å². The number of hydrogen-bond donors (Lipinski definition) is 0. The molecule has 1 aliphatic rings. The highest BCUT2D eigenvalue weighted by atomic mass is 28.4. The third-order valence-corrected chi connectivity index (χ3v) is 9.20. The molecule has 116 valence electrons. The fourth-order valence-corrected chi connectivity index (χ4v) is 3.71. The molecule has 2 rings (SSSR count). The van der Waals surface area contributed by atoms with Gasteiger partial charge in [-0.1, -0.05) is 51.1 Å². The molecule has 1 aromatic rings. The zero-order chi connectivity index (χ0) is 15.7. The maximum Gasteiger partial charge on any atom is 0.225 e. The van der Waals surface area contributed by atoms with E-state index in [1.165, 1.54) is 5.56 Å². The molecular weight excluding hydrogens is 278 g/mol. The summed E-state index contributed by atoms with van der Waals surface area (Å²) < 4.78 is 6.38. The zero-order valence-electron chi connectivity index (χ0n) is 13.8. The largest absolute Gasteiger partial charge is 0.412 e. The lowest BCUT2D eigenvalue weighted by Crippen LogP contribution is -2.44. The highest BCUT2D eigenvalue weighted by molar-refractivity contribution is 6.74. The van der Waals surface area contributed by atoms with Gasteiger partial charge in [0.25, 0.3) is 0 Å². The van der Waals surface area contributed by atoms with Crippen LogP contribution in [0, 0.1) is 0 Å². The van der Waals surface area contributed by atoms with Gasteiger partial charge in [-0.3, -0.25) is 4.79 Å². The fraction of sp³-hybridized carbons (Fsp3) is 0.588.